The number of piperazine rings is 1. The molecule has 0 saturated carbocycles. The summed E-state index contributed by atoms with van der Waals surface area (Å²) in [6, 6.07) is 6.89. The van der Waals surface area contributed by atoms with Gasteiger partial charge in [-0.05, 0) is 26.1 Å². The quantitative estimate of drug-likeness (QED) is 0.775. The van der Waals surface area contributed by atoms with E-state index in [9.17, 15) is 9.59 Å². The molecule has 1 aromatic carbocycles. The zero-order chi connectivity index (χ0) is 16.4. The molecule has 2 fully saturated rings. The summed E-state index contributed by atoms with van der Waals surface area (Å²) in [7, 11) is 2.07. The number of imide groups is 1. The number of amides is 2. The fraction of sp³-hybridized carbons (Fsp3) is 0.529. The van der Waals surface area contributed by atoms with Gasteiger partial charge in [-0.25, -0.2) is 4.90 Å². The molecular weight excluding hydrogens is 294 g/mol. The highest BCUT2D eigenvalue weighted by molar-refractivity contribution is 6.23. The van der Waals surface area contributed by atoms with Gasteiger partial charge in [0.25, 0.3) is 5.91 Å². The predicted octanol–water partition coefficient (Wildman–Crippen LogP) is 0.965. The molecule has 2 aliphatic heterocycles. The average molecular weight is 317 g/mol. The van der Waals surface area contributed by atoms with Crippen molar-refractivity contribution in [1.82, 2.24) is 9.80 Å². The lowest BCUT2D eigenvalue weighted by Gasteiger charge is -2.35. The Morgan fingerprint density at radius 2 is 1.83 bits per heavy atom. The predicted molar refractivity (Wildman–Crippen MR) is 87.6 cm³/mol. The van der Waals surface area contributed by atoms with Crippen LogP contribution in [0, 0.1) is 0 Å². The molecule has 23 heavy (non-hydrogen) atoms. The zero-order valence-corrected chi connectivity index (χ0v) is 13.7. The van der Waals surface area contributed by atoms with Gasteiger partial charge in [0.15, 0.2) is 0 Å². The highest BCUT2D eigenvalue weighted by Gasteiger charge is 2.44. The summed E-state index contributed by atoms with van der Waals surface area (Å²) in [6.45, 7) is 5.87. The maximum Gasteiger partial charge on any atom is 0.251 e. The third kappa shape index (κ3) is 3.09. The van der Waals surface area contributed by atoms with Crippen molar-refractivity contribution in [2.24, 2.45) is 0 Å². The SMILES string of the molecule is CCOc1ccccc1N1C(=O)C[C@H](N2CCN(C)CC2)C1=O. The number of carbonyl (C=O) groups is 2. The number of nitrogens with zero attached hydrogens (tertiary/aromatic N) is 3. The van der Waals surface area contributed by atoms with Crippen molar-refractivity contribution in [3.8, 4) is 5.75 Å². The number of hydrogen-bond donors (Lipinski definition) is 0. The molecule has 0 unspecified atom stereocenters. The summed E-state index contributed by atoms with van der Waals surface area (Å²) in [5.74, 6) is 0.300. The largest absolute Gasteiger partial charge is 0.492 e. The first kappa shape index (κ1) is 16.0. The van der Waals surface area contributed by atoms with E-state index in [1.54, 1.807) is 12.1 Å². The Bertz CT molecular complexity index is 597. The molecule has 0 N–H and O–H groups in total. The van der Waals surface area contributed by atoms with Gasteiger partial charge in [0, 0.05) is 26.2 Å². The van der Waals surface area contributed by atoms with Crippen LogP contribution in [0.2, 0.25) is 0 Å². The highest BCUT2D eigenvalue weighted by atomic mass is 16.5. The number of likely N-dealkylation sites (N-methyl/N-ethyl adjacent to an activating group) is 1. The van der Waals surface area contributed by atoms with E-state index >= 15 is 0 Å². The Hall–Kier alpha value is -1.92. The number of benzene rings is 1. The van der Waals surface area contributed by atoms with Gasteiger partial charge in [-0.15, -0.1) is 0 Å². The zero-order valence-electron chi connectivity index (χ0n) is 13.7. The Morgan fingerprint density at radius 3 is 2.52 bits per heavy atom. The van der Waals surface area contributed by atoms with Crippen LogP contribution in [0.5, 0.6) is 5.75 Å². The Balaban J connectivity index is 1.82. The smallest absolute Gasteiger partial charge is 0.251 e. The van der Waals surface area contributed by atoms with Crippen LogP contribution < -0.4 is 9.64 Å². The molecule has 0 radical (unpaired) electrons. The Labute approximate surface area is 136 Å². The molecule has 2 aliphatic rings. The second-order valence-electron chi connectivity index (χ2n) is 6.03. The summed E-state index contributed by atoms with van der Waals surface area (Å²) in [5, 5.41) is 0. The minimum absolute atomic E-state index is 0.133. The third-order valence-electron chi connectivity index (χ3n) is 4.51. The van der Waals surface area contributed by atoms with Gasteiger partial charge in [-0.1, -0.05) is 12.1 Å². The van der Waals surface area contributed by atoms with Gasteiger partial charge in [0.05, 0.1) is 24.8 Å². The molecule has 124 valence electrons. The number of para-hydroxylation sites is 2. The molecular formula is C17H23N3O3. The second-order valence-corrected chi connectivity index (χ2v) is 6.03. The lowest BCUT2D eigenvalue weighted by molar-refractivity contribution is -0.123. The van der Waals surface area contributed by atoms with E-state index in [0.29, 0.717) is 18.0 Å². The average Bonchev–Trinajstić information content (AvgIpc) is 2.84. The minimum atomic E-state index is -0.342. The fourth-order valence-corrected chi connectivity index (χ4v) is 3.21. The lowest BCUT2D eigenvalue weighted by Crippen LogP contribution is -2.51. The van der Waals surface area contributed by atoms with Crippen LogP contribution in [0.4, 0.5) is 5.69 Å². The van der Waals surface area contributed by atoms with Gasteiger partial charge in [-0.3, -0.25) is 14.5 Å². The summed E-state index contributed by atoms with van der Waals surface area (Å²) in [5.41, 5.74) is 0.556. The minimum Gasteiger partial charge on any atom is -0.492 e. The Kier molecular flexibility index (Phi) is 4.63. The lowest BCUT2D eigenvalue weighted by atomic mass is 10.2. The maximum absolute atomic E-state index is 12.8. The second kappa shape index (κ2) is 6.68. The van der Waals surface area contributed by atoms with Gasteiger partial charge in [-0.2, -0.15) is 0 Å². The van der Waals surface area contributed by atoms with E-state index in [1.165, 1.54) is 4.90 Å². The van der Waals surface area contributed by atoms with Crippen LogP contribution in [0.3, 0.4) is 0 Å². The van der Waals surface area contributed by atoms with Crippen LogP contribution in [0.15, 0.2) is 24.3 Å². The van der Waals surface area contributed by atoms with Crippen LogP contribution in [0.1, 0.15) is 13.3 Å². The van der Waals surface area contributed by atoms with Crippen molar-refractivity contribution in [2.45, 2.75) is 19.4 Å². The molecule has 0 bridgehead atoms. The van der Waals surface area contributed by atoms with Crippen LogP contribution >= 0.6 is 0 Å². The molecule has 3 rings (SSSR count). The molecule has 2 heterocycles. The summed E-state index contributed by atoms with van der Waals surface area (Å²) < 4.78 is 5.57. The van der Waals surface area contributed by atoms with E-state index in [4.69, 9.17) is 4.74 Å². The maximum atomic E-state index is 12.8. The first-order valence-corrected chi connectivity index (χ1v) is 8.13. The van der Waals surface area contributed by atoms with E-state index in [2.05, 4.69) is 16.8 Å². The highest BCUT2D eigenvalue weighted by Crippen LogP contribution is 2.33. The van der Waals surface area contributed by atoms with Crippen molar-refractivity contribution >= 4 is 17.5 Å². The van der Waals surface area contributed by atoms with Gasteiger partial charge >= 0.3 is 0 Å². The number of anilines is 1. The molecule has 2 saturated heterocycles. The number of rotatable bonds is 4. The van der Waals surface area contributed by atoms with Crippen molar-refractivity contribution in [2.75, 3.05) is 44.7 Å². The van der Waals surface area contributed by atoms with Gasteiger partial charge in [0.1, 0.15) is 5.75 Å². The van der Waals surface area contributed by atoms with E-state index in [1.807, 2.05) is 19.1 Å². The standard InChI is InChI=1S/C17H23N3O3/c1-3-23-15-7-5-4-6-13(15)20-16(21)12-14(17(20)22)19-10-8-18(2)9-11-19/h4-7,14H,3,8-12H2,1-2H3/t14-/m0/s1. The summed E-state index contributed by atoms with van der Waals surface area (Å²) >= 11 is 0. The van der Waals surface area contributed by atoms with Crippen molar-refractivity contribution in [1.29, 1.82) is 0 Å². The first-order valence-electron chi connectivity index (χ1n) is 8.13. The van der Waals surface area contributed by atoms with Crippen molar-refractivity contribution in [3.63, 3.8) is 0 Å². The summed E-state index contributed by atoms with van der Waals surface area (Å²) in [6.07, 6.45) is 0.253. The molecule has 1 aromatic rings. The van der Waals surface area contributed by atoms with Gasteiger partial charge < -0.3 is 9.64 Å². The molecule has 1 atom stereocenters. The van der Waals surface area contributed by atoms with Crippen LogP contribution in [-0.4, -0.2) is 67.5 Å². The molecule has 6 nitrogen and oxygen atoms in total. The molecule has 0 aromatic heterocycles. The van der Waals surface area contributed by atoms with E-state index in [-0.39, 0.29) is 24.3 Å². The summed E-state index contributed by atoms with van der Waals surface area (Å²) in [4.78, 5) is 31.0. The number of carbonyl (C=O) groups excluding carboxylic acids is 2. The molecule has 2 amide bonds. The first-order chi connectivity index (χ1) is 11.1. The number of hydrogen-bond acceptors (Lipinski definition) is 5. The van der Waals surface area contributed by atoms with E-state index < -0.39 is 0 Å². The molecule has 0 aliphatic carbocycles. The van der Waals surface area contributed by atoms with Crippen LogP contribution in [0.25, 0.3) is 0 Å². The van der Waals surface area contributed by atoms with E-state index in [0.717, 1.165) is 26.2 Å². The third-order valence-corrected chi connectivity index (χ3v) is 4.51. The Morgan fingerprint density at radius 1 is 1.13 bits per heavy atom. The monoisotopic (exact) mass is 317 g/mol. The normalized spacial score (nSPS) is 23.6. The van der Waals surface area contributed by atoms with Crippen LogP contribution in [-0.2, 0) is 9.59 Å². The van der Waals surface area contributed by atoms with Gasteiger partial charge in [0.2, 0.25) is 5.91 Å². The topological polar surface area (TPSA) is 53.1 Å². The number of ether oxygens (including phenoxy) is 1. The molecule has 0 spiro atoms. The molecule has 6 heteroatoms. The van der Waals surface area contributed by atoms with Crippen molar-refractivity contribution < 1.29 is 14.3 Å². The van der Waals surface area contributed by atoms with Crippen molar-refractivity contribution in [3.05, 3.63) is 24.3 Å². The fourth-order valence-electron chi connectivity index (χ4n) is 3.21.